The molecule has 4 heteroatoms. The molecule has 0 bridgehead atoms. The third kappa shape index (κ3) is 5.47. The minimum absolute atomic E-state index is 1.36. The molecule has 0 heterocycles. The van der Waals surface area contributed by atoms with E-state index in [-0.39, 0.29) is 0 Å². The van der Waals surface area contributed by atoms with Crippen LogP contribution in [0.25, 0.3) is 0 Å². The summed E-state index contributed by atoms with van der Waals surface area (Å²) in [6, 6.07) is 4.43. The molecule has 0 saturated heterocycles. The summed E-state index contributed by atoms with van der Waals surface area (Å²) in [6.07, 6.45) is 0. The molecule has 0 nitrogen and oxygen atoms in total. The fourth-order valence-electron chi connectivity index (χ4n) is 1.16. The SMILES string of the molecule is Cc1cc(C)c(I)c(C)c1.FC(F)F. The van der Waals surface area contributed by atoms with Crippen LogP contribution in [0.5, 0.6) is 0 Å². The monoisotopic (exact) mass is 316 g/mol. The fraction of sp³-hybridized carbons (Fsp3) is 0.400. The highest BCUT2D eigenvalue weighted by Gasteiger charge is 1.97. The molecule has 0 aliphatic carbocycles. The van der Waals surface area contributed by atoms with Gasteiger partial charge in [-0.25, -0.2) is 0 Å². The molecule has 0 unspecified atom stereocenters. The van der Waals surface area contributed by atoms with Crippen molar-refractivity contribution in [3.8, 4) is 0 Å². The molecule has 0 radical (unpaired) electrons. The second kappa shape index (κ2) is 6.27. The number of benzene rings is 1. The van der Waals surface area contributed by atoms with E-state index >= 15 is 0 Å². The van der Waals surface area contributed by atoms with E-state index in [9.17, 15) is 13.2 Å². The summed E-state index contributed by atoms with van der Waals surface area (Å²) in [5.41, 5.74) is 4.13. The van der Waals surface area contributed by atoms with Crippen LogP contribution in [-0.2, 0) is 0 Å². The normalized spacial score (nSPS) is 9.71. The maximum Gasteiger partial charge on any atom is 0.379 e. The van der Waals surface area contributed by atoms with Crippen molar-refractivity contribution in [2.24, 2.45) is 0 Å². The molecule has 0 spiro atoms. The van der Waals surface area contributed by atoms with Crippen LogP contribution in [0.3, 0.4) is 0 Å². The van der Waals surface area contributed by atoms with Crippen LogP contribution in [0.15, 0.2) is 12.1 Å². The first-order valence-corrected chi connectivity index (χ1v) is 5.08. The molecule has 0 aromatic heterocycles. The lowest BCUT2D eigenvalue weighted by Crippen LogP contribution is -1.86. The van der Waals surface area contributed by atoms with Gasteiger partial charge >= 0.3 is 6.68 Å². The summed E-state index contributed by atoms with van der Waals surface area (Å²) < 4.78 is 30.4. The molecule has 14 heavy (non-hydrogen) atoms. The van der Waals surface area contributed by atoms with Gasteiger partial charge in [-0.05, 0) is 54.5 Å². The zero-order chi connectivity index (χ0) is 11.3. The second-order valence-corrected chi connectivity index (χ2v) is 4.04. The van der Waals surface area contributed by atoms with Crippen molar-refractivity contribution in [2.45, 2.75) is 27.5 Å². The zero-order valence-electron chi connectivity index (χ0n) is 8.24. The van der Waals surface area contributed by atoms with Crippen molar-refractivity contribution in [2.75, 3.05) is 0 Å². The second-order valence-electron chi connectivity index (χ2n) is 2.96. The first kappa shape index (κ1) is 13.7. The number of alkyl halides is 3. The number of aryl methyl sites for hydroxylation is 3. The van der Waals surface area contributed by atoms with E-state index < -0.39 is 6.68 Å². The Morgan fingerprint density at radius 3 is 1.57 bits per heavy atom. The van der Waals surface area contributed by atoms with E-state index in [1.54, 1.807) is 0 Å². The van der Waals surface area contributed by atoms with Crippen molar-refractivity contribution in [1.82, 2.24) is 0 Å². The summed E-state index contributed by atoms with van der Waals surface area (Å²) in [6.45, 7) is 2.78. The molecule has 0 amide bonds. The Hall–Kier alpha value is -0.260. The third-order valence-corrected chi connectivity index (χ3v) is 3.28. The van der Waals surface area contributed by atoms with Crippen LogP contribution >= 0.6 is 22.6 Å². The number of halogens is 4. The average molecular weight is 316 g/mol. The highest BCUT2D eigenvalue weighted by Crippen LogP contribution is 2.17. The standard InChI is InChI=1S/C9H11I.CHF3/c1-6-4-7(2)9(10)8(3)5-6;2-1(3)4/h4-5H,1-3H3;1H. The Morgan fingerprint density at radius 1 is 1.00 bits per heavy atom. The zero-order valence-corrected chi connectivity index (χ0v) is 10.4. The fourth-order valence-corrected chi connectivity index (χ4v) is 1.47. The quantitative estimate of drug-likeness (QED) is 0.623. The van der Waals surface area contributed by atoms with E-state index in [0.29, 0.717) is 0 Å². The average Bonchev–Trinajstić information content (AvgIpc) is 1.98. The molecule has 0 aliphatic heterocycles. The summed E-state index contributed by atoms with van der Waals surface area (Å²) in [5, 5.41) is 0. The van der Waals surface area contributed by atoms with E-state index in [2.05, 4.69) is 55.5 Å². The smallest absolute Gasteiger partial charge is 0.174 e. The summed E-state index contributed by atoms with van der Waals surface area (Å²) in [7, 11) is 0. The van der Waals surface area contributed by atoms with E-state index in [1.165, 1.54) is 20.3 Å². The first-order chi connectivity index (χ1) is 6.34. The molecule has 0 fully saturated rings. The van der Waals surface area contributed by atoms with Crippen molar-refractivity contribution in [1.29, 1.82) is 0 Å². The van der Waals surface area contributed by atoms with Crippen molar-refractivity contribution in [3.05, 3.63) is 32.4 Å². The minimum Gasteiger partial charge on any atom is -0.174 e. The number of hydrogen-bond donors (Lipinski definition) is 0. The summed E-state index contributed by atoms with van der Waals surface area (Å²) in [4.78, 5) is 0. The number of hydrogen-bond acceptors (Lipinski definition) is 0. The van der Waals surface area contributed by atoms with Crippen LogP contribution in [0.2, 0.25) is 0 Å². The molecule has 80 valence electrons. The lowest BCUT2D eigenvalue weighted by atomic mass is 10.1. The molecule has 0 saturated carbocycles. The first-order valence-electron chi connectivity index (χ1n) is 4.00. The molecule has 0 atom stereocenters. The van der Waals surface area contributed by atoms with Gasteiger partial charge in [0.25, 0.3) is 0 Å². The largest absolute Gasteiger partial charge is 0.379 e. The van der Waals surface area contributed by atoms with Gasteiger partial charge < -0.3 is 0 Å². The van der Waals surface area contributed by atoms with Crippen molar-refractivity contribution >= 4 is 22.6 Å². The highest BCUT2D eigenvalue weighted by molar-refractivity contribution is 14.1. The molecule has 0 N–H and O–H groups in total. The van der Waals surface area contributed by atoms with E-state index in [0.717, 1.165) is 0 Å². The van der Waals surface area contributed by atoms with Gasteiger partial charge in [0.05, 0.1) is 0 Å². The van der Waals surface area contributed by atoms with Gasteiger partial charge in [0.1, 0.15) is 0 Å². The lowest BCUT2D eigenvalue weighted by Gasteiger charge is -2.03. The Labute approximate surface area is 95.7 Å². The molecule has 1 aromatic carbocycles. The molecule has 0 aliphatic rings. The van der Waals surface area contributed by atoms with E-state index in [4.69, 9.17) is 0 Å². The molecule has 1 rings (SSSR count). The van der Waals surface area contributed by atoms with Crippen LogP contribution < -0.4 is 0 Å². The third-order valence-electron chi connectivity index (χ3n) is 1.58. The van der Waals surface area contributed by atoms with Gasteiger partial charge in [0.15, 0.2) is 0 Å². The maximum atomic E-state index is 9.67. The maximum absolute atomic E-state index is 9.67. The Balaban J connectivity index is 0.000000364. The predicted molar refractivity (Wildman–Crippen MR) is 60.5 cm³/mol. The lowest BCUT2D eigenvalue weighted by molar-refractivity contribution is 0.00819. The Morgan fingerprint density at radius 2 is 1.29 bits per heavy atom. The Kier molecular flexibility index (Phi) is 6.15. The predicted octanol–water partition coefficient (Wildman–Crippen LogP) is 4.39. The molecule has 1 aromatic rings. The van der Waals surface area contributed by atoms with E-state index in [1.807, 2.05) is 0 Å². The van der Waals surface area contributed by atoms with Crippen molar-refractivity contribution < 1.29 is 13.2 Å². The van der Waals surface area contributed by atoms with Crippen LogP contribution in [0.1, 0.15) is 16.7 Å². The van der Waals surface area contributed by atoms with Gasteiger partial charge in [-0.2, -0.15) is 13.2 Å². The Bertz CT molecular complexity index is 272. The summed E-state index contributed by atoms with van der Waals surface area (Å²) in [5.74, 6) is 0. The van der Waals surface area contributed by atoms with Gasteiger partial charge in [-0.1, -0.05) is 17.7 Å². The topological polar surface area (TPSA) is 0 Å². The van der Waals surface area contributed by atoms with Crippen LogP contribution in [0.4, 0.5) is 13.2 Å². The molecular formula is C10H12F3I. The van der Waals surface area contributed by atoms with Crippen molar-refractivity contribution in [3.63, 3.8) is 0 Å². The van der Waals surface area contributed by atoms with Gasteiger partial charge in [0.2, 0.25) is 0 Å². The van der Waals surface area contributed by atoms with Crippen LogP contribution in [-0.4, -0.2) is 6.68 Å². The number of rotatable bonds is 0. The van der Waals surface area contributed by atoms with Crippen LogP contribution in [0, 0.1) is 24.3 Å². The van der Waals surface area contributed by atoms with Gasteiger partial charge in [-0.3, -0.25) is 0 Å². The van der Waals surface area contributed by atoms with Gasteiger partial charge in [-0.15, -0.1) is 0 Å². The van der Waals surface area contributed by atoms with Gasteiger partial charge in [0, 0.05) is 3.57 Å². The minimum atomic E-state index is -3.67. The summed E-state index contributed by atoms with van der Waals surface area (Å²) >= 11 is 2.39. The molecular weight excluding hydrogens is 304 g/mol. The highest BCUT2D eigenvalue weighted by atomic mass is 127.